The number of piperidine rings is 1. The van der Waals surface area contributed by atoms with Crippen LogP contribution >= 0.6 is 0 Å². The van der Waals surface area contributed by atoms with Gasteiger partial charge in [-0.05, 0) is 62.9 Å². The number of rotatable bonds is 2. The zero-order chi connectivity index (χ0) is 14.8. The van der Waals surface area contributed by atoms with Gasteiger partial charge in [0.05, 0.1) is 5.56 Å². The van der Waals surface area contributed by atoms with Gasteiger partial charge in [0.1, 0.15) is 11.6 Å². The second kappa shape index (κ2) is 6.10. The fourth-order valence-corrected chi connectivity index (χ4v) is 3.56. The molecular formula is C16H20F2N2O. The lowest BCUT2D eigenvalue weighted by atomic mass is 9.90. The Labute approximate surface area is 123 Å². The number of benzene rings is 1. The van der Waals surface area contributed by atoms with Crippen molar-refractivity contribution in [3.8, 4) is 0 Å². The molecule has 2 atom stereocenters. The molecule has 0 aliphatic carbocycles. The second-order valence-corrected chi connectivity index (χ2v) is 5.94. The molecule has 2 aliphatic heterocycles. The molecule has 0 saturated carbocycles. The molecule has 1 amide bonds. The maximum atomic E-state index is 13.8. The molecule has 1 aromatic carbocycles. The average Bonchev–Trinajstić information content (AvgIpc) is 2.99. The van der Waals surface area contributed by atoms with E-state index in [9.17, 15) is 13.6 Å². The minimum Gasteiger partial charge on any atom is -0.335 e. The molecule has 0 bridgehead atoms. The van der Waals surface area contributed by atoms with Crippen molar-refractivity contribution in [1.29, 1.82) is 0 Å². The van der Waals surface area contributed by atoms with Gasteiger partial charge in [0.15, 0.2) is 0 Å². The third-order valence-electron chi connectivity index (χ3n) is 4.60. The molecule has 2 fully saturated rings. The van der Waals surface area contributed by atoms with Crippen molar-refractivity contribution in [2.24, 2.45) is 5.92 Å². The number of halogens is 2. The highest BCUT2D eigenvalue weighted by Crippen LogP contribution is 2.30. The highest BCUT2D eigenvalue weighted by Gasteiger charge is 2.36. The van der Waals surface area contributed by atoms with Gasteiger partial charge in [-0.25, -0.2) is 8.78 Å². The van der Waals surface area contributed by atoms with Crippen molar-refractivity contribution in [2.45, 2.75) is 31.7 Å². The van der Waals surface area contributed by atoms with Crippen LogP contribution in [0.25, 0.3) is 0 Å². The molecule has 2 saturated heterocycles. The fourth-order valence-electron chi connectivity index (χ4n) is 3.56. The summed E-state index contributed by atoms with van der Waals surface area (Å²) in [6, 6.07) is 3.22. The van der Waals surface area contributed by atoms with Crippen LogP contribution in [-0.2, 0) is 0 Å². The zero-order valence-corrected chi connectivity index (χ0v) is 11.9. The SMILES string of the molecule is O=C(c1cc(F)ccc1F)N1CCCC1C1CCCNC1. The van der Waals surface area contributed by atoms with Crippen LogP contribution < -0.4 is 5.32 Å². The highest BCUT2D eigenvalue weighted by atomic mass is 19.1. The van der Waals surface area contributed by atoms with Crippen LogP contribution in [-0.4, -0.2) is 36.5 Å². The fraction of sp³-hybridized carbons (Fsp3) is 0.562. The topological polar surface area (TPSA) is 32.3 Å². The number of hydrogen-bond acceptors (Lipinski definition) is 2. The summed E-state index contributed by atoms with van der Waals surface area (Å²) in [5.41, 5.74) is -0.148. The number of hydrogen-bond donors (Lipinski definition) is 1. The standard InChI is InChI=1S/C16H20F2N2O/c17-12-5-6-14(18)13(9-12)16(21)20-8-2-4-15(20)11-3-1-7-19-10-11/h5-6,9,11,15,19H,1-4,7-8,10H2. The number of carbonyl (C=O) groups excluding carboxylic acids is 1. The molecule has 1 aromatic rings. The third kappa shape index (κ3) is 2.93. The normalized spacial score (nSPS) is 26.1. The molecule has 114 valence electrons. The molecule has 2 heterocycles. The van der Waals surface area contributed by atoms with Gasteiger partial charge in [-0.15, -0.1) is 0 Å². The van der Waals surface area contributed by atoms with Crippen LogP contribution in [0.3, 0.4) is 0 Å². The van der Waals surface area contributed by atoms with Gasteiger partial charge in [-0.1, -0.05) is 0 Å². The maximum absolute atomic E-state index is 13.8. The molecule has 1 N–H and O–H groups in total. The average molecular weight is 294 g/mol. The minimum absolute atomic E-state index is 0.146. The lowest BCUT2D eigenvalue weighted by Crippen LogP contribution is -2.45. The summed E-state index contributed by atoms with van der Waals surface area (Å²) >= 11 is 0. The number of amides is 1. The summed E-state index contributed by atoms with van der Waals surface area (Å²) in [6.45, 7) is 2.56. The lowest BCUT2D eigenvalue weighted by molar-refractivity contribution is 0.0665. The van der Waals surface area contributed by atoms with E-state index in [2.05, 4.69) is 5.32 Å². The molecule has 21 heavy (non-hydrogen) atoms. The first-order chi connectivity index (χ1) is 10.2. The summed E-state index contributed by atoms with van der Waals surface area (Å²) in [6.07, 6.45) is 4.09. The van der Waals surface area contributed by atoms with Crippen molar-refractivity contribution in [3.05, 3.63) is 35.4 Å². The Hall–Kier alpha value is -1.49. The monoisotopic (exact) mass is 294 g/mol. The second-order valence-electron chi connectivity index (χ2n) is 5.94. The van der Waals surface area contributed by atoms with Crippen molar-refractivity contribution in [3.63, 3.8) is 0 Å². The van der Waals surface area contributed by atoms with E-state index in [0.717, 1.165) is 57.0 Å². The number of nitrogens with zero attached hydrogens (tertiary/aromatic N) is 1. The quantitative estimate of drug-likeness (QED) is 0.909. The Kier molecular flexibility index (Phi) is 4.19. The van der Waals surface area contributed by atoms with E-state index < -0.39 is 11.6 Å². The minimum atomic E-state index is -0.645. The molecule has 3 rings (SSSR count). The Morgan fingerprint density at radius 3 is 2.86 bits per heavy atom. The predicted octanol–water partition coefficient (Wildman–Crippen LogP) is 2.57. The van der Waals surface area contributed by atoms with E-state index >= 15 is 0 Å². The van der Waals surface area contributed by atoms with Gasteiger partial charge >= 0.3 is 0 Å². The van der Waals surface area contributed by atoms with Crippen LogP contribution in [0, 0.1) is 17.6 Å². The highest BCUT2D eigenvalue weighted by molar-refractivity contribution is 5.94. The van der Waals surface area contributed by atoms with Crippen LogP contribution in [0.1, 0.15) is 36.0 Å². The smallest absolute Gasteiger partial charge is 0.257 e. The van der Waals surface area contributed by atoms with Gasteiger partial charge in [0.2, 0.25) is 0 Å². The molecule has 2 aliphatic rings. The van der Waals surface area contributed by atoms with Crippen LogP contribution in [0.2, 0.25) is 0 Å². The Bertz CT molecular complexity index is 529. The van der Waals surface area contributed by atoms with E-state index in [1.165, 1.54) is 0 Å². The predicted molar refractivity (Wildman–Crippen MR) is 76.0 cm³/mol. The summed E-state index contributed by atoms with van der Waals surface area (Å²) in [7, 11) is 0. The van der Waals surface area contributed by atoms with Crippen LogP contribution in [0.5, 0.6) is 0 Å². The maximum Gasteiger partial charge on any atom is 0.257 e. The molecule has 0 aromatic heterocycles. The van der Waals surface area contributed by atoms with E-state index in [4.69, 9.17) is 0 Å². The molecular weight excluding hydrogens is 274 g/mol. The zero-order valence-electron chi connectivity index (χ0n) is 11.9. The number of nitrogens with one attached hydrogen (secondary N) is 1. The van der Waals surface area contributed by atoms with Crippen molar-refractivity contribution >= 4 is 5.91 Å². The van der Waals surface area contributed by atoms with Crippen molar-refractivity contribution in [1.82, 2.24) is 10.2 Å². The molecule has 3 nitrogen and oxygen atoms in total. The third-order valence-corrected chi connectivity index (χ3v) is 4.60. The number of carbonyl (C=O) groups is 1. The summed E-state index contributed by atoms with van der Waals surface area (Å²) in [5, 5.41) is 3.36. The number of likely N-dealkylation sites (tertiary alicyclic amines) is 1. The summed E-state index contributed by atoms with van der Waals surface area (Å²) in [4.78, 5) is 14.3. The Balaban J connectivity index is 1.80. The summed E-state index contributed by atoms with van der Waals surface area (Å²) in [5.74, 6) is -1.18. The molecule has 2 unspecified atom stereocenters. The largest absolute Gasteiger partial charge is 0.335 e. The Morgan fingerprint density at radius 2 is 2.10 bits per heavy atom. The van der Waals surface area contributed by atoms with E-state index in [0.29, 0.717) is 12.5 Å². The lowest BCUT2D eigenvalue weighted by Gasteiger charge is -2.34. The van der Waals surface area contributed by atoms with E-state index in [1.54, 1.807) is 4.90 Å². The van der Waals surface area contributed by atoms with E-state index in [1.807, 2.05) is 0 Å². The molecule has 0 spiro atoms. The first-order valence-electron chi connectivity index (χ1n) is 7.63. The Morgan fingerprint density at radius 1 is 1.24 bits per heavy atom. The van der Waals surface area contributed by atoms with Gasteiger partial charge in [-0.3, -0.25) is 4.79 Å². The van der Waals surface area contributed by atoms with E-state index in [-0.39, 0.29) is 17.5 Å². The van der Waals surface area contributed by atoms with Gasteiger partial charge in [-0.2, -0.15) is 0 Å². The first-order valence-corrected chi connectivity index (χ1v) is 7.63. The molecule has 0 radical (unpaired) electrons. The summed E-state index contributed by atoms with van der Waals surface area (Å²) < 4.78 is 27.1. The van der Waals surface area contributed by atoms with Gasteiger partial charge in [0, 0.05) is 12.6 Å². The van der Waals surface area contributed by atoms with Gasteiger partial charge < -0.3 is 10.2 Å². The van der Waals surface area contributed by atoms with Crippen LogP contribution in [0.15, 0.2) is 18.2 Å². The van der Waals surface area contributed by atoms with Crippen molar-refractivity contribution in [2.75, 3.05) is 19.6 Å². The van der Waals surface area contributed by atoms with Crippen LogP contribution in [0.4, 0.5) is 8.78 Å². The van der Waals surface area contributed by atoms with Crippen molar-refractivity contribution < 1.29 is 13.6 Å². The molecule has 5 heteroatoms. The van der Waals surface area contributed by atoms with Gasteiger partial charge in [0.25, 0.3) is 5.91 Å². The first kappa shape index (κ1) is 14.4.